The minimum absolute atomic E-state index is 0.174. The fraction of sp³-hybridized carbons (Fsp3) is 0.444. The topological polar surface area (TPSA) is 126 Å². The number of hydrogen-bond acceptors (Lipinski definition) is 8. The molecule has 0 unspecified atom stereocenters. The maximum Gasteiger partial charge on any atom is 0.293 e. The van der Waals surface area contributed by atoms with Crippen LogP contribution in [0.3, 0.4) is 0 Å². The lowest BCUT2D eigenvalue weighted by Crippen LogP contribution is -2.22. The third-order valence-electron chi connectivity index (χ3n) is 6.10. The molecule has 1 heterocycles. The van der Waals surface area contributed by atoms with Gasteiger partial charge in [0, 0.05) is 23.7 Å². The van der Waals surface area contributed by atoms with Gasteiger partial charge in [0.15, 0.2) is 0 Å². The lowest BCUT2D eigenvalue weighted by molar-refractivity contribution is -0.129. The number of nitrogens with two attached hydrogens (primary N) is 1. The zero-order valence-corrected chi connectivity index (χ0v) is 21.4. The molecule has 4 rings (SSSR count). The zero-order chi connectivity index (χ0) is 26.1. The van der Waals surface area contributed by atoms with E-state index in [0.29, 0.717) is 46.5 Å². The number of methoxy groups -OCH3 is 2. The van der Waals surface area contributed by atoms with E-state index < -0.39 is 0 Å². The molecule has 3 aromatic rings. The van der Waals surface area contributed by atoms with E-state index in [4.69, 9.17) is 19.9 Å². The summed E-state index contributed by atoms with van der Waals surface area (Å²) in [6.45, 7) is 4.62. The van der Waals surface area contributed by atoms with Crippen LogP contribution < -0.4 is 25.5 Å². The molecule has 3 N–H and O–H groups in total. The molecule has 2 aromatic carbocycles. The first-order chi connectivity index (χ1) is 17.4. The van der Waals surface area contributed by atoms with Gasteiger partial charge in [-0.25, -0.2) is 4.98 Å². The number of aryl methyl sites for hydroxylation is 2. The van der Waals surface area contributed by atoms with Crippen LogP contribution in [0.25, 0.3) is 22.3 Å². The maximum absolute atomic E-state index is 12.7. The molecular weight excluding hydrogens is 462 g/mol. The van der Waals surface area contributed by atoms with Gasteiger partial charge in [-0.1, -0.05) is 19.3 Å². The van der Waals surface area contributed by atoms with Crippen molar-refractivity contribution in [2.24, 2.45) is 5.73 Å². The van der Waals surface area contributed by atoms with Crippen molar-refractivity contribution in [3.05, 3.63) is 45.7 Å². The number of carbonyl (C=O) groups excluding carboxylic acids is 1. The second-order valence-corrected chi connectivity index (χ2v) is 8.79. The molecule has 9 nitrogen and oxygen atoms in total. The Morgan fingerprint density at radius 3 is 2.28 bits per heavy atom. The molecule has 1 aromatic heterocycles. The molecule has 1 aliphatic carbocycles. The van der Waals surface area contributed by atoms with Crippen LogP contribution in [0.2, 0.25) is 0 Å². The number of H-pyrrole nitrogens is 1. The smallest absolute Gasteiger partial charge is 0.293 e. The largest absolute Gasteiger partial charge is 0.497 e. The molecular formula is C27H35N3O6. The fourth-order valence-corrected chi connectivity index (χ4v) is 4.32. The lowest BCUT2D eigenvalue weighted by Gasteiger charge is -2.15. The highest BCUT2D eigenvalue weighted by Crippen LogP contribution is 2.31. The van der Waals surface area contributed by atoms with Crippen molar-refractivity contribution < 1.29 is 23.7 Å². The Kier molecular flexibility index (Phi) is 9.69. The summed E-state index contributed by atoms with van der Waals surface area (Å²) < 4.78 is 20.9. The van der Waals surface area contributed by atoms with E-state index in [2.05, 4.69) is 14.7 Å². The van der Waals surface area contributed by atoms with E-state index in [1.165, 1.54) is 39.2 Å². The van der Waals surface area contributed by atoms with Gasteiger partial charge in [0.05, 0.1) is 19.7 Å². The van der Waals surface area contributed by atoms with Crippen LogP contribution in [0.5, 0.6) is 17.2 Å². The summed E-state index contributed by atoms with van der Waals surface area (Å²) in [5.74, 6) is 2.08. The minimum Gasteiger partial charge on any atom is -0.497 e. The summed E-state index contributed by atoms with van der Waals surface area (Å²) in [7, 11) is 3.04. The molecule has 1 aliphatic rings. The Labute approximate surface area is 210 Å². The van der Waals surface area contributed by atoms with Crippen LogP contribution in [0.1, 0.15) is 43.2 Å². The Balaban J connectivity index is 0.000000444. The Morgan fingerprint density at radius 2 is 1.72 bits per heavy atom. The highest BCUT2D eigenvalue weighted by Gasteiger charge is 2.15. The van der Waals surface area contributed by atoms with E-state index in [-0.39, 0.29) is 18.8 Å². The first-order valence-corrected chi connectivity index (χ1v) is 12.1. The molecule has 0 aliphatic heterocycles. The third-order valence-corrected chi connectivity index (χ3v) is 6.10. The second kappa shape index (κ2) is 12.9. The van der Waals surface area contributed by atoms with Crippen molar-refractivity contribution in [1.82, 2.24) is 9.97 Å². The van der Waals surface area contributed by atoms with Gasteiger partial charge in [-0.15, -0.1) is 0 Å². The minimum atomic E-state index is -0.300. The van der Waals surface area contributed by atoms with Gasteiger partial charge in [0.25, 0.3) is 12.0 Å². The molecule has 0 spiro atoms. The van der Waals surface area contributed by atoms with Crippen LogP contribution in [0.4, 0.5) is 0 Å². The molecule has 0 atom stereocenters. The van der Waals surface area contributed by atoms with Gasteiger partial charge >= 0.3 is 0 Å². The maximum atomic E-state index is 12.7. The van der Waals surface area contributed by atoms with Crippen LogP contribution in [0.15, 0.2) is 29.1 Å². The molecule has 0 saturated heterocycles. The summed E-state index contributed by atoms with van der Waals surface area (Å²) in [6.07, 6.45) is 6.66. The number of nitrogens with one attached hydrogen (secondary N) is 1. The van der Waals surface area contributed by atoms with Crippen LogP contribution in [-0.2, 0) is 9.53 Å². The van der Waals surface area contributed by atoms with Crippen molar-refractivity contribution in [2.75, 3.05) is 27.4 Å². The Morgan fingerprint density at radius 1 is 1.03 bits per heavy atom. The van der Waals surface area contributed by atoms with E-state index in [0.717, 1.165) is 16.7 Å². The molecule has 1 saturated carbocycles. The zero-order valence-electron chi connectivity index (χ0n) is 21.4. The van der Waals surface area contributed by atoms with Gasteiger partial charge in [-0.05, 0) is 49.9 Å². The summed E-state index contributed by atoms with van der Waals surface area (Å²) >= 11 is 0. The number of carbonyl (C=O) groups is 1. The summed E-state index contributed by atoms with van der Waals surface area (Å²) in [4.78, 5) is 30.4. The second-order valence-electron chi connectivity index (χ2n) is 8.79. The number of aromatic amines is 1. The van der Waals surface area contributed by atoms with Gasteiger partial charge in [-0.3, -0.25) is 9.59 Å². The third kappa shape index (κ3) is 6.75. The van der Waals surface area contributed by atoms with E-state index in [1.54, 1.807) is 19.2 Å². The Bertz CT molecular complexity index is 1210. The van der Waals surface area contributed by atoms with Crippen LogP contribution in [0, 0.1) is 13.8 Å². The molecule has 0 radical (unpaired) electrons. The summed E-state index contributed by atoms with van der Waals surface area (Å²) in [6, 6.07) is 7.64. The van der Waals surface area contributed by atoms with Crippen molar-refractivity contribution >= 4 is 17.4 Å². The van der Waals surface area contributed by atoms with Gasteiger partial charge < -0.3 is 29.7 Å². The number of benzene rings is 2. The molecule has 9 heteroatoms. The average molecular weight is 498 g/mol. The number of fused-ring (bicyclic) bond motifs is 1. The molecule has 194 valence electrons. The predicted octanol–water partition coefficient (Wildman–Crippen LogP) is 4.05. The first-order valence-electron chi connectivity index (χ1n) is 12.1. The van der Waals surface area contributed by atoms with Crippen molar-refractivity contribution in [3.8, 4) is 28.6 Å². The number of aromatic nitrogens is 2. The fourth-order valence-electron chi connectivity index (χ4n) is 4.32. The SMILES string of the molecule is COc1cc(OC)c2c(=O)[nH]c(-c3cc(C)c(OCCOC=O)c(C)c3)nc2c1.NC1CCCCC1. The quantitative estimate of drug-likeness (QED) is 0.353. The summed E-state index contributed by atoms with van der Waals surface area (Å²) in [5, 5.41) is 0.362. The number of ether oxygens (including phenoxy) is 4. The van der Waals surface area contributed by atoms with Gasteiger partial charge in [0.2, 0.25) is 0 Å². The normalized spacial score (nSPS) is 13.5. The van der Waals surface area contributed by atoms with E-state index in [1.807, 2.05) is 26.0 Å². The predicted molar refractivity (Wildman–Crippen MR) is 139 cm³/mol. The van der Waals surface area contributed by atoms with Crippen LogP contribution in [-0.4, -0.2) is 49.9 Å². The van der Waals surface area contributed by atoms with Crippen molar-refractivity contribution in [2.45, 2.75) is 52.0 Å². The first kappa shape index (κ1) is 27.0. The van der Waals surface area contributed by atoms with Gasteiger partial charge in [0.1, 0.15) is 41.7 Å². The molecule has 0 amide bonds. The van der Waals surface area contributed by atoms with Crippen LogP contribution >= 0.6 is 0 Å². The molecule has 0 bridgehead atoms. The van der Waals surface area contributed by atoms with Crippen molar-refractivity contribution in [1.29, 1.82) is 0 Å². The molecule has 1 fully saturated rings. The monoisotopic (exact) mass is 497 g/mol. The van der Waals surface area contributed by atoms with Crippen molar-refractivity contribution in [3.63, 3.8) is 0 Å². The molecule has 36 heavy (non-hydrogen) atoms. The van der Waals surface area contributed by atoms with Gasteiger partial charge in [-0.2, -0.15) is 0 Å². The average Bonchev–Trinajstić information content (AvgIpc) is 2.87. The Hall–Kier alpha value is -3.59. The number of rotatable bonds is 8. The number of hydrogen-bond donors (Lipinski definition) is 2. The van der Waals surface area contributed by atoms with E-state index in [9.17, 15) is 9.59 Å². The lowest BCUT2D eigenvalue weighted by atomic mass is 9.97. The summed E-state index contributed by atoms with van der Waals surface area (Å²) in [5.41, 5.74) is 8.30. The standard InChI is InChI=1S/C21H22N2O6.C6H13N/c1-12-7-14(8-13(2)19(12)29-6-5-28-11-24)20-22-16-9-15(26-3)10-17(27-4)18(16)21(25)23-20;7-6-4-2-1-3-5-6/h7-11H,5-6H2,1-4H3,(H,22,23,25);6H,1-5,7H2. The highest BCUT2D eigenvalue weighted by molar-refractivity contribution is 5.87. The number of nitrogens with zero attached hydrogens (tertiary/aromatic N) is 1. The van der Waals surface area contributed by atoms with E-state index >= 15 is 0 Å². The highest BCUT2D eigenvalue weighted by atomic mass is 16.5.